The first-order valence-corrected chi connectivity index (χ1v) is 11.8. The number of benzene rings is 1. The van der Waals surface area contributed by atoms with Crippen LogP contribution < -0.4 is 5.32 Å². The first-order valence-electron chi connectivity index (χ1n) is 8.94. The summed E-state index contributed by atoms with van der Waals surface area (Å²) in [7, 11) is -3.54. The van der Waals surface area contributed by atoms with Crippen molar-refractivity contribution < 1.29 is 22.7 Å². The predicted octanol–water partition coefficient (Wildman–Crippen LogP) is 0.996. The van der Waals surface area contributed by atoms with Crippen LogP contribution in [0.3, 0.4) is 0 Å². The van der Waals surface area contributed by atoms with E-state index in [-0.39, 0.29) is 16.6 Å². The van der Waals surface area contributed by atoms with Crippen LogP contribution in [0.4, 0.5) is 5.69 Å². The summed E-state index contributed by atoms with van der Waals surface area (Å²) in [6, 6.07) is 6.20. The third-order valence-electron chi connectivity index (χ3n) is 4.34. The quantitative estimate of drug-likeness (QED) is 0.672. The molecule has 0 aromatic heterocycles. The molecule has 1 aromatic carbocycles. The molecule has 0 saturated carbocycles. The number of amides is 1. The number of carbonyl (C=O) groups excluding carboxylic acids is 1. The number of thiocarbonyl (C=S) groups is 1. The summed E-state index contributed by atoms with van der Waals surface area (Å²) >= 11 is 6.66. The van der Waals surface area contributed by atoms with Gasteiger partial charge in [0.1, 0.15) is 4.32 Å². The fraction of sp³-hybridized carbons (Fsp3) is 0.529. The molecule has 1 aromatic rings. The standard InChI is InChI=1S/C17H23N3O5S3/c21-16(13-27-17(26)19-5-9-24-10-6-19)18-14-1-3-15(4-2-14)28(22,23)20-7-11-25-12-8-20/h1-4H,5-13H2,(H,18,21). The van der Waals surface area contributed by atoms with E-state index in [1.165, 1.54) is 28.2 Å². The van der Waals surface area contributed by atoms with E-state index in [1.807, 2.05) is 4.90 Å². The van der Waals surface area contributed by atoms with Gasteiger partial charge in [-0.05, 0) is 24.3 Å². The molecule has 3 rings (SSSR count). The number of morpholine rings is 2. The van der Waals surface area contributed by atoms with E-state index in [1.54, 1.807) is 12.1 Å². The molecule has 2 saturated heterocycles. The molecule has 8 nitrogen and oxygen atoms in total. The van der Waals surface area contributed by atoms with Crippen LogP contribution in [0.2, 0.25) is 0 Å². The summed E-state index contributed by atoms with van der Waals surface area (Å²) in [5.74, 6) is 0.00806. The molecule has 0 unspecified atom stereocenters. The van der Waals surface area contributed by atoms with Gasteiger partial charge in [0, 0.05) is 31.9 Å². The summed E-state index contributed by atoms with van der Waals surface area (Å²) in [6.45, 7) is 4.27. The number of anilines is 1. The van der Waals surface area contributed by atoms with Crippen molar-refractivity contribution >= 4 is 49.9 Å². The molecule has 0 atom stereocenters. The Morgan fingerprint density at radius 2 is 1.61 bits per heavy atom. The zero-order valence-electron chi connectivity index (χ0n) is 15.3. The Kier molecular flexibility index (Phi) is 7.66. The Hall–Kier alpha value is -1.24. The van der Waals surface area contributed by atoms with E-state index in [0.29, 0.717) is 49.5 Å². The number of rotatable bonds is 5. The maximum Gasteiger partial charge on any atom is 0.243 e. The second-order valence-corrected chi connectivity index (χ2v) is 9.79. The van der Waals surface area contributed by atoms with Gasteiger partial charge < -0.3 is 19.7 Å². The Morgan fingerprint density at radius 1 is 1.04 bits per heavy atom. The van der Waals surface area contributed by atoms with E-state index in [4.69, 9.17) is 21.7 Å². The van der Waals surface area contributed by atoms with Gasteiger partial charge >= 0.3 is 0 Å². The highest BCUT2D eigenvalue weighted by Gasteiger charge is 2.26. The van der Waals surface area contributed by atoms with Gasteiger partial charge in [-0.2, -0.15) is 4.31 Å². The Balaban J connectivity index is 1.50. The Morgan fingerprint density at radius 3 is 2.21 bits per heavy atom. The molecule has 0 bridgehead atoms. The molecule has 0 aliphatic carbocycles. The average molecular weight is 446 g/mol. The maximum atomic E-state index is 12.6. The monoisotopic (exact) mass is 445 g/mol. The number of sulfonamides is 1. The highest BCUT2D eigenvalue weighted by Crippen LogP contribution is 2.20. The molecule has 2 aliphatic heterocycles. The molecule has 1 N–H and O–H groups in total. The van der Waals surface area contributed by atoms with Gasteiger partial charge in [0.2, 0.25) is 15.9 Å². The van der Waals surface area contributed by atoms with E-state index >= 15 is 0 Å². The fourth-order valence-corrected chi connectivity index (χ4v) is 5.27. The molecular formula is C17H23N3O5S3. The second kappa shape index (κ2) is 9.99. The second-order valence-electron chi connectivity index (χ2n) is 6.24. The Bertz CT molecular complexity index is 789. The normalized spacial score (nSPS) is 18.6. The lowest BCUT2D eigenvalue weighted by molar-refractivity contribution is -0.113. The van der Waals surface area contributed by atoms with Crippen molar-refractivity contribution in [3.63, 3.8) is 0 Å². The van der Waals surface area contributed by atoms with Crippen molar-refractivity contribution in [3.05, 3.63) is 24.3 Å². The summed E-state index contributed by atoms with van der Waals surface area (Å²) in [5, 5.41) is 2.77. The molecule has 2 fully saturated rings. The molecule has 1 amide bonds. The number of hydrogen-bond acceptors (Lipinski definition) is 7. The molecule has 2 heterocycles. The van der Waals surface area contributed by atoms with E-state index in [2.05, 4.69) is 5.32 Å². The van der Waals surface area contributed by atoms with Crippen LogP contribution in [0.15, 0.2) is 29.2 Å². The SMILES string of the molecule is O=C(CSC(=S)N1CCOCC1)Nc1ccc(S(=O)(=O)N2CCOCC2)cc1. The van der Waals surface area contributed by atoms with E-state index in [9.17, 15) is 13.2 Å². The lowest BCUT2D eigenvalue weighted by atomic mass is 10.3. The number of nitrogens with zero attached hydrogens (tertiary/aromatic N) is 2. The zero-order valence-corrected chi connectivity index (χ0v) is 17.8. The smallest absolute Gasteiger partial charge is 0.243 e. The average Bonchev–Trinajstić information content (AvgIpc) is 2.73. The number of nitrogens with one attached hydrogen (secondary N) is 1. The third kappa shape index (κ3) is 5.65. The molecule has 154 valence electrons. The van der Waals surface area contributed by atoms with Crippen LogP contribution in [-0.4, -0.2) is 86.2 Å². The first-order chi connectivity index (χ1) is 13.5. The van der Waals surface area contributed by atoms with Gasteiger partial charge in [-0.25, -0.2) is 8.42 Å². The van der Waals surface area contributed by atoms with Gasteiger partial charge in [-0.15, -0.1) is 0 Å². The molecule has 0 spiro atoms. The molecule has 2 aliphatic rings. The van der Waals surface area contributed by atoms with Crippen LogP contribution in [0.25, 0.3) is 0 Å². The molecular weight excluding hydrogens is 422 g/mol. The van der Waals surface area contributed by atoms with Crippen molar-refractivity contribution in [2.75, 3.05) is 63.7 Å². The van der Waals surface area contributed by atoms with Crippen LogP contribution in [0.1, 0.15) is 0 Å². The highest BCUT2D eigenvalue weighted by molar-refractivity contribution is 8.23. The summed E-state index contributed by atoms with van der Waals surface area (Å²) in [4.78, 5) is 14.4. The maximum absolute atomic E-state index is 12.6. The van der Waals surface area contributed by atoms with Crippen molar-refractivity contribution in [1.82, 2.24) is 9.21 Å². The molecule has 11 heteroatoms. The van der Waals surface area contributed by atoms with Gasteiger partial charge in [0.25, 0.3) is 0 Å². The first kappa shape index (κ1) is 21.5. The van der Waals surface area contributed by atoms with Crippen LogP contribution in [0, 0.1) is 0 Å². The van der Waals surface area contributed by atoms with Crippen molar-refractivity contribution in [1.29, 1.82) is 0 Å². The van der Waals surface area contributed by atoms with Crippen LogP contribution >= 0.6 is 24.0 Å². The summed E-state index contributed by atoms with van der Waals surface area (Å²) < 4.78 is 37.8. The minimum atomic E-state index is -3.54. The topological polar surface area (TPSA) is 88.2 Å². The van der Waals surface area contributed by atoms with E-state index < -0.39 is 10.0 Å². The minimum absolute atomic E-state index is 0.190. The minimum Gasteiger partial charge on any atom is -0.379 e. The lowest BCUT2D eigenvalue weighted by Gasteiger charge is -2.28. The van der Waals surface area contributed by atoms with Crippen LogP contribution in [-0.2, 0) is 24.3 Å². The Labute approximate surface area is 174 Å². The van der Waals surface area contributed by atoms with Gasteiger partial charge in [-0.3, -0.25) is 4.79 Å². The van der Waals surface area contributed by atoms with Gasteiger partial charge in [0.15, 0.2) is 0 Å². The van der Waals surface area contributed by atoms with E-state index in [0.717, 1.165) is 13.1 Å². The van der Waals surface area contributed by atoms with Crippen molar-refractivity contribution in [2.24, 2.45) is 0 Å². The van der Waals surface area contributed by atoms with Crippen LogP contribution in [0.5, 0.6) is 0 Å². The van der Waals surface area contributed by atoms with Crippen molar-refractivity contribution in [2.45, 2.75) is 4.90 Å². The summed E-state index contributed by atoms with van der Waals surface area (Å²) in [5.41, 5.74) is 0.545. The summed E-state index contributed by atoms with van der Waals surface area (Å²) in [6.07, 6.45) is 0. The largest absolute Gasteiger partial charge is 0.379 e. The van der Waals surface area contributed by atoms with Gasteiger partial charge in [-0.1, -0.05) is 24.0 Å². The van der Waals surface area contributed by atoms with Crippen molar-refractivity contribution in [3.8, 4) is 0 Å². The lowest BCUT2D eigenvalue weighted by Crippen LogP contribution is -2.40. The van der Waals surface area contributed by atoms with Gasteiger partial charge in [0.05, 0.1) is 37.1 Å². The third-order valence-corrected chi connectivity index (χ3v) is 7.78. The fourth-order valence-electron chi connectivity index (χ4n) is 2.81. The highest BCUT2D eigenvalue weighted by atomic mass is 32.2. The number of carbonyl (C=O) groups is 1. The molecule has 28 heavy (non-hydrogen) atoms. The number of hydrogen-bond donors (Lipinski definition) is 1. The zero-order chi connectivity index (χ0) is 20.0. The molecule has 0 radical (unpaired) electrons. The predicted molar refractivity (Wildman–Crippen MR) is 112 cm³/mol. The number of ether oxygens (including phenoxy) is 2. The number of thioether (sulfide) groups is 1.